The maximum atomic E-state index is 13.6. The van der Waals surface area contributed by atoms with E-state index in [4.69, 9.17) is 9.47 Å². The fraction of sp³-hybridized carbons (Fsp3) is 0.267. The molecule has 0 aliphatic rings. The first kappa shape index (κ1) is 29.4. The SMILES string of the molecule is C=CCOc1ccc(/C=N/NC(=O)CN(c2ccc(C(C)C)cc2)S(=O)(=O)c2ccc(C)cc2)cc1OCC. The zero-order chi connectivity index (χ0) is 28.4. The van der Waals surface area contributed by atoms with Crippen molar-refractivity contribution >= 4 is 27.8 Å². The van der Waals surface area contributed by atoms with Crippen LogP contribution in [0.2, 0.25) is 0 Å². The van der Waals surface area contributed by atoms with E-state index in [1.54, 1.807) is 48.5 Å². The number of sulfonamides is 1. The molecule has 3 aromatic rings. The van der Waals surface area contributed by atoms with Gasteiger partial charge in [0.2, 0.25) is 0 Å². The monoisotopic (exact) mass is 549 g/mol. The average molecular weight is 550 g/mol. The minimum Gasteiger partial charge on any atom is -0.490 e. The summed E-state index contributed by atoms with van der Waals surface area (Å²) in [6, 6.07) is 18.9. The van der Waals surface area contributed by atoms with Gasteiger partial charge in [-0.1, -0.05) is 56.3 Å². The predicted molar refractivity (Wildman–Crippen MR) is 155 cm³/mol. The first-order valence-electron chi connectivity index (χ1n) is 12.7. The summed E-state index contributed by atoms with van der Waals surface area (Å²) >= 11 is 0. The number of nitrogens with one attached hydrogen (secondary N) is 1. The van der Waals surface area contributed by atoms with Crippen LogP contribution in [-0.2, 0) is 14.8 Å². The summed E-state index contributed by atoms with van der Waals surface area (Å²) in [6.45, 7) is 11.8. The van der Waals surface area contributed by atoms with E-state index in [-0.39, 0.29) is 10.8 Å². The van der Waals surface area contributed by atoms with Crippen molar-refractivity contribution in [2.24, 2.45) is 5.10 Å². The van der Waals surface area contributed by atoms with Crippen LogP contribution in [0.5, 0.6) is 11.5 Å². The zero-order valence-electron chi connectivity index (χ0n) is 22.8. The van der Waals surface area contributed by atoms with Crippen molar-refractivity contribution in [1.29, 1.82) is 0 Å². The van der Waals surface area contributed by atoms with Gasteiger partial charge in [-0.3, -0.25) is 9.10 Å². The van der Waals surface area contributed by atoms with Crippen LogP contribution >= 0.6 is 0 Å². The summed E-state index contributed by atoms with van der Waals surface area (Å²) in [4.78, 5) is 13.0. The van der Waals surface area contributed by atoms with Gasteiger partial charge in [-0.2, -0.15) is 5.10 Å². The number of carbonyl (C=O) groups excluding carboxylic acids is 1. The van der Waals surface area contributed by atoms with Crippen molar-refractivity contribution < 1.29 is 22.7 Å². The van der Waals surface area contributed by atoms with Crippen molar-refractivity contribution in [3.05, 3.63) is 96.1 Å². The van der Waals surface area contributed by atoms with E-state index in [0.29, 0.717) is 36.0 Å². The van der Waals surface area contributed by atoms with Crippen LogP contribution in [0.15, 0.2) is 89.4 Å². The Kier molecular flexibility index (Phi) is 10.3. The molecule has 0 atom stereocenters. The minimum absolute atomic E-state index is 0.0968. The van der Waals surface area contributed by atoms with E-state index < -0.39 is 22.5 Å². The molecule has 3 aromatic carbocycles. The fourth-order valence-corrected chi connectivity index (χ4v) is 5.08. The first-order chi connectivity index (χ1) is 18.6. The number of carbonyl (C=O) groups is 1. The molecular formula is C30H35N3O5S. The van der Waals surface area contributed by atoms with Crippen LogP contribution in [-0.4, -0.2) is 40.3 Å². The molecule has 0 saturated heterocycles. The quantitative estimate of drug-likeness (QED) is 0.174. The summed E-state index contributed by atoms with van der Waals surface area (Å²) in [5, 5.41) is 4.03. The van der Waals surface area contributed by atoms with E-state index in [2.05, 4.69) is 31.0 Å². The van der Waals surface area contributed by atoms with Crippen LogP contribution < -0.4 is 19.2 Å². The van der Waals surface area contributed by atoms with Gasteiger partial charge in [-0.15, -0.1) is 0 Å². The van der Waals surface area contributed by atoms with E-state index in [0.717, 1.165) is 15.4 Å². The van der Waals surface area contributed by atoms with Gasteiger partial charge < -0.3 is 9.47 Å². The van der Waals surface area contributed by atoms with Crippen LogP contribution in [0.4, 0.5) is 5.69 Å². The number of aryl methyl sites for hydroxylation is 1. The summed E-state index contributed by atoms with van der Waals surface area (Å²) in [6.07, 6.45) is 3.09. The topological polar surface area (TPSA) is 97.3 Å². The van der Waals surface area contributed by atoms with E-state index >= 15 is 0 Å². The molecule has 0 spiro atoms. The highest BCUT2D eigenvalue weighted by molar-refractivity contribution is 7.92. The van der Waals surface area contributed by atoms with Gasteiger partial charge in [0.05, 0.1) is 23.4 Å². The molecule has 1 N–H and O–H groups in total. The lowest BCUT2D eigenvalue weighted by Gasteiger charge is -2.24. The number of hydrogen-bond donors (Lipinski definition) is 1. The predicted octanol–water partition coefficient (Wildman–Crippen LogP) is 5.43. The third kappa shape index (κ3) is 7.94. The molecule has 0 unspecified atom stereocenters. The normalized spacial score (nSPS) is 11.4. The Morgan fingerprint density at radius 1 is 1.03 bits per heavy atom. The summed E-state index contributed by atoms with van der Waals surface area (Å²) in [5.74, 6) is 0.795. The largest absolute Gasteiger partial charge is 0.490 e. The molecular weight excluding hydrogens is 514 g/mol. The van der Waals surface area contributed by atoms with Crippen LogP contribution in [0, 0.1) is 6.92 Å². The Morgan fingerprint density at radius 3 is 2.33 bits per heavy atom. The lowest BCUT2D eigenvalue weighted by atomic mass is 10.0. The Hall–Kier alpha value is -4.11. The number of ether oxygens (including phenoxy) is 2. The number of anilines is 1. The fourth-order valence-electron chi connectivity index (χ4n) is 3.66. The molecule has 0 bridgehead atoms. The number of benzene rings is 3. The van der Waals surface area contributed by atoms with E-state index in [9.17, 15) is 13.2 Å². The number of nitrogens with zero attached hydrogens (tertiary/aromatic N) is 2. The summed E-state index contributed by atoms with van der Waals surface area (Å²) < 4.78 is 39.5. The Balaban J connectivity index is 1.81. The molecule has 9 heteroatoms. The zero-order valence-corrected chi connectivity index (χ0v) is 23.6. The van der Waals surface area contributed by atoms with Gasteiger partial charge in [0, 0.05) is 0 Å². The van der Waals surface area contributed by atoms with Gasteiger partial charge in [0.1, 0.15) is 13.2 Å². The number of hydrogen-bond acceptors (Lipinski definition) is 6. The third-order valence-electron chi connectivity index (χ3n) is 5.77. The minimum atomic E-state index is -4.02. The molecule has 0 aromatic heterocycles. The molecule has 206 valence electrons. The molecule has 39 heavy (non-hydrogen) atoms. The third-order valence-corrected chi connectivity index (χ3v) is 7.56. The van der Waals surface area contributed by atoms with Crippen molar-refractivity contribution in [3.63, 3.8) is 0 Å². The molecule has 0 aliphatic heterocycles. The second kappa shape index (κ2) is 13.6. The Morgan fingerprint density at radius 2 is 1.72 bits per heavy atom. The Bertz CT molecular complexity index is 1400. The average Bonchev–Trinajstić information content (AvgIpc) is 2.91. The van der Waals surface area contributed by atoms with E-state index in [1.807, 2.05) is 26.0 Å². The highest BCUT2D eigenvalue weighted by Crippen LogP contribution is 2.28. The molecule has 0 aliphatic carbocycles. The van der Waals surface area contributed by atoms with Gasteiger partial charge in [-0.05, 0) is 73.4 Å². The molecule has 0 radical (unpaired) electrons. The molecule has 1 amide bonds. The molecule has 8 nitrogen and oxygen atoms in total. The highest BCUT2D eigenvalue weighted by atomic mass is 32.2. The van der Waals surface area contributed by atoms with Crippen LogP contribution in [0.1, 0.15) is 43.4 Å². The summed E-state index contributed by atoms with van der Waals surface area (Å²) in [7, 11) is -4.02. The van der Waals surface area contributed by atoms with Crippen LogP contribution in [0.3, 0.4) is 0 Å². The molecule has 0 heterocycles. The number of amides is 1. The first-order valence-corrected chi connectivity index (χ1v) is 14.1. The van der Waals surface area contributed by atoms with Crippen molar-refractivity contribution in [3.8, 4) is 11.5 Å². The van der Waals surface area contributed by atoms with Crippen molar-refractivity contribution in [1.82, 2.24) is 5.43 Å². The second-order valence-electron chi connectivity index (χ2n) is 9.10. The van der Waals surface area contributed by atoms with Gasteiger partial charge in [-0.25, -0.2) is 13.8 Å². The van der Waals surface area contributed by atoms with Gasteiger partial charge in [0.25, 0.3) is 15.9 Å². The standard InChI is InChI=1S/C30H35N3O5S/c1-6-18-38-28-17-10-24(19-29(28)37-7-2)20-31-32-30(34)21-33(26-13-11-25(12-14-26)22(3)4)39(35,36)27-15-8-23(5)9-16-27/h6,8-17,19-20,22H,1,7,18,21H2,2-5H3,(H,32,34)/b31-20+. The number of hydrazone groups is 1. The van der Waals surface area contributed by atoms with Crippen LogP contribution in [0.25, 0.3) is 0 Å². The summed E-state index contributed by atoms with van der Waals surface area (Å²) in [5.41, 5.74) is 5.48. The molecule has 3 rings (SSSR count). The smallest absolute Gasteiger partial charge is 0.264 e. The lowest BCUT2D eigenvalue weighted by Crippen LogP contribution is -2.39. The molecule has 0 saturated carbocycles. The van der Waals surface area contributed by atoms with Gasteiger partial charge >= 0.3 is 0 Å². The van der Waals surface area contributed by atoms with Crippen molar-refractivity contribution in [2.45, 2.75) is 38.5 Å². The van der Waals surface area contributed by atoms with Gasteiger partial charge in [0.15, 0.2) is 11.5 Å². The Labute approximate surface area is 231 Å². The number of rotatable bonds is 13. The second-order valence-corrected chi connectivity index (χ2v) is 11.0. The highest BCUT2D eigenvalue weighted by Gasteiger charge is 2.27. The molecule has 0 fully saturated rings. The lowest BCUT2D eigenvalue weighted by molar-refractivity contribution is -0.119. The maximum absolute atomic E-state index is 13.6. The van der Waals surface area contributed by atoms with Crippen molar-refractivity contribution in [2.75, 3.05) is 24.1 Å². The maximum Gasteiger partial charge on any atom is 0.264 e. The van der Waals surface area contributed by atoms with E-state index in [1.165, 1.54) is 18.3 Å².